The molecule has 7 heteroatoms. The van der Waals surface area contributed by atoms with E-state index >= 15 is 0 Å². The molecule has 0 aromatic heterocycles. The number of hydrogen-bond donors (Lipinski definition) is 2. The van der Waals surface area contributed by atoms with E-state index in [1.54, 1.807) is 0 Å². The molecule has 21 heavy (non-hydrogen) atoms. The molecular formula is C14H22ClFN2O2S. The number of halogens is 2. The smallest absolute Gasteiger partial charge is 0.240 e. The van der Waals surface area contributed by atoms with Gasteiger partial charge in [0, 0.05) is 13.1 Å². The molecule has 0 aliphatic rings. The fourth-order valence-electron chi connectivity index (χ4n) is 1.83. The molecular weight excluding hydrogens is 315 g/mol. The van der Waals surface area contributed by atoms with Crippen molar-refractivity contribution in [2.75, 3.05) is 13.1 Å². The van der Waals surface area contributed by atoms with E-state index in [0.29, 0.717) is 25.2 Å². The van der Waals surface area contributed by atoms with E-state index in [-0.39, 0.29) is 9.92 Å². The number of sulfonamides is 1. The van der Waals surface area contributed by atoms with Gasteiger partial charge in [-0.1, -0.05) is 38.3 Å². The van der Waals surface area contributed by atoms with Crippen LogP contribution in [0.2, 0.25) is 5.02 Å². The Balaban J connectivity index is 2.93. The van der Waals surface area contributed by atoms with Crippen LogP contribution in [0, 0.1) is 5.82 Å². The van der Waals surface area contributed by atoms with Gasteiger partial charge in [-0.2, -0.15) is 0 Å². The number of hydrogen-bond acceptors (Lipinski definition) is 3. The molecule has 0 unspecified atom stereocenters. The lowest BCUT2D eigenvalue weighted by molar-refractivity contribution is 0.571. The molecule has 0 radical (unpaired) electrons. The molecule has 0 saturated heterocycles. The Bertz CT molecular complexity index is 564. The molecule has 0 atom stereocenters. The van der Waals surface area contributed by atoms with E-state index < -0.39 is 15.8 Å². The number of benzene rings is 1. The summed E-state index contributed by atoms with van der Waals surface area (Å²) in [5.41, 5.74) is 0.437. The number of unbranched alkanes of at least 4 members (excludes halogenated alkanes) is 2. The van der Waals surface area contributed by atoms with E-state index in [1.165, 1.54) is 6.07 Å². The van der Waals surface area contributed by atoms with Crippen molar-refractivity contribution in [1.82, 2.24) is 10.0 Å². The van der Waals surface area contributed by atoms with Gasteiger partial charge in [-0.3, -0.25) is 0 Å². The lowest BCUT2D eigenvalue weighted by atomic mass is 10.2. The second kappa shape index (κ2) is 8.68. The summed E-state index contributed by atoms with van der Waals surface area (Å²) >= 11 is 5.87. The van der Waals surface area contributed by atoms with Gasteiger partial charge >= 0.3 is 0 Å². The fraction of sp³-hybridized carbons (Fsp3) is 0.571. The predicted octanol–water partition coefficient (Wildman–Crippen LogP) is 3.06. The summed E-state index contributed by atoms with van der Waals surface area (Å²) in [6.07, 6.45) is 2.71. The van der Waals surface area contributed by atoms with Gasteiger partial charge in [0.25, 0.3) is 0 Å². The van der Waals surface area contributed by atoms with Crippen LogP contribution in [-0.4, -0.2) is 21.5 Å². The molecule has 1 aromatic rings. The lowest BCUT2D eigenvalue weighted by Crippen LogP contribution is -2.25. The second-order valence-corrected chi connectivity index (χ2v) is 6.91. The standard InChI is InChI=1S/C14H22ClFN2O2S/c1-3-5-6-7-18-21(19,20)12-8-11(10-17-4-2)14(15)13(16)9-12/h8-9,17-18H,3-7,10H2,1-2H3. The first-order valence-electron chi connectivity index (χ1n) is 7.10. The van der Waals surface area contributed by atoms with Crippen molar-refractivity contribution in [2.45, 2.75) is 44.6 Å². The highest BCUT2D eigenvalue weighted by molar-refractivity contribution is 7.89. The Hall–Kier alpha value is -0.690. The van der Waals surface area contributed by atoms with Crippen molar-refractivity contribution in [3.8, 4) is 0 Å². The molecule has 0 saturated carbocycles. The van der Waals surface area contributed by atoms with Crippen molar-refractivity contribution in [2.24, 2.45) is 0 Å². The van der Waals surface area contributed by atoms with Crippen LogP contribution in [0.1, 0.15) is 38.7 Å². The van der Waals surface area contributed by atoms with Crippen LogP contribution in [0.25, 0.3) is 0 Å². The van der Waals surface area contributed by atoms with Crippen molar-refractivity contribution in [3.63, 3.8) is 0 Å². The van der Waals surface area contributed by atoms with Crippen molar-refractivity contribution < 1.29 is 12.8 Å². The average Bonchev–Trinajstić information content (AvgIpc) is 2.45. The highest BCUT2D eigenvalue weighted by Crippen LogP contribution is 2.24. The minimum absolute atomic E-state index is 0.0408. The molecule has 0 amide bonds. The van der Waals surface area contributed by atoms with Crippen molar-refractivity contribution in [1.29, 1.82) is 0 Å². The molecule has 1 rings (SSSR count). The third-order valence-corrected chi connectivity index (χ3v) is 4.89. The van der Waals surface area contributed by atoms with E-state index in [1.807, 2.05) is 13.8 Å². The molecule has 0 aliphatic carbocycles. The van der Waals surface area contributed by atoms with E-state index in [2.05, 4.69) is 10.0 Å². The summed E-state index contributed by atoms with van der Waals surface area (Å²) in [4.78, 5) is -0.0891. The van der Waals surface area contributed by atoms with Crippen LogP contribution < -0.4 is 10.0 Å². The Kier molecular flexibility index (Phi) is 7.59. The van der Waals surface area contributed by atoms with Crippen LogP contribution in [-0.2, 0) is 16.6 Å². The molecule has 120 valence electrons. The minimum atomic E-state index is -3.70. The molecule has 0 heterocycles. The maximum absolute atomic E-state index is 13.8. The summed E-state index contributed by atoms with van der Waals surface area (Å²) in [5, 5.41) is 2.96. The van der Waals surface area contributed by atoms with Gasteiger partial charge < -0.3 is 5.32 Å². The Morgan fingerprint density at radius 3 is 2.57 bits per heavy atom. The monoisotopic (exact) mass is 336 g/mol. The van der Waals surface area contributed by atoms with Gasteiger partial charge in [-0.05, 0) is 30.7 Å². The molecule has 0 aliphatic heterocycles. The molecule has 2 N–H and O–H groups in total. The highest BCUT2D eigenvalue weighted by Gasteiger charge is 2.18. The van der Waals surface area contributed by atoms with Crippen molar-refractivity contribution in [3.05, 3.63) is 28.5 Å². The predicted molar refractivity (Wildman–Crippen MR) is 83.5 cm³/mol. The van der Waals surface area contributed by atoms with Gasteiger partial charge in [0.15, 0.2) is 0 Å². The summed E-state index contributed by atoms with van der Waals surface area (Å²) in [6.45, 7) is 5.30. The van der Waals surface area contributed by atoms with Crippen LogP contribution in [0.15, 0.2) is 17.0 Å². The van der Waals surface area contributed by atoms with Gasteiger partial charge in [0.1, 0.15) is 5.82 Å². The normalized spacial score (nSPS) is 11.8. The van der Waals surface area contributed by atoms with Crippen molar-refractivity contribution >= 4 is 21.6 Å². The quantitative estimate of drug-likeness (QED) is 0.681. The zero-order chi connectivity index (χ0) is 15.9. The Labute approximate surface area is 131 Å². The molecule has 0 spiro atoms. The van der Waals surface area contributed by atoms with Crippen LogP contribution in [0.4, 0.5) is 4.39 Å². The third kappa shape index (κ3) is 5.54. The number of nitrogens with one attached hydrogen (secondary N) is 2. The van der Waals surface area contributed by atoms with E-state index in [4.69, 9.17) is 11.6 Å². The molecule has 0 fully saturated rings. The van der Waals surface area contributed by atoms with Gasteiger partial charge in [0.05, 0.1) is 9.92 Å². The second-order valence-electron chi connectivity index (χ2n) is 4.76. The van der Waals surface area contributed by atoms with Gasteiger partial charge in [0.2, 0.25) is 10.0 Å². The summed E-state index contributed by atoms with van der Waals surface area (Å²) < 4.78 is 40.6. The third-order valence-electron chi connectivity index (χ3n) is 3.03. The molecule has 4 nitrogen and oxygen atoms in total. The van der Waals surface area contributed by atoms with Crippen LogP contribution >= 0.6 is 11.6 Å². The minimum Gasteiger partial charge on any atom is -0.313 e. The van der Waals surface area contributed by atoms with Crippen LogP contribution in [0.3, 0.4) is 0 Å². The highest BCUT2D eigenvalue weighted by atomic mass is 35.5. The zero-order valence-corrected chi connectivity index (χ0v) is 14.0. The zero-order valence-electron chi connectivity index (χ0n) is 12.4. The first-order chi connectivity index (χ1) is 9.92. The van der Waals surface area contributed by atoms with Gasteiger partial charge in [-0.25, -0.2) is 17.5 Å². The maximum Gasteiger partial charge on any atom is 0.240 e. The first kappa shape index (κ1) is 18.4. The lowest BCUT2D eigenvalue weighted by Gasteiger charge is -2.11. The van der Waals surface area contributed by atoms with E-state index in [0.717, 1.165) is 25.3 Å². The SMILES string of the molecule is CCCCCNS(=O)(=O)c1cc(F)c(Cl)c(CNCC)c1. The van der Waals surface area contributed by atoms with E-state index in [9.17, 15) is 12.8 Å². The average molecular weight is 337 g/mol. The van der Waals surface area contributed by atoms with Gasteiger partial charge in [-0.15, -0.1) is 0 Å². The number of rotatable bonds is 9. The molecule has 0 bridgehead atoms. The summed E-state index contributed by atoms with van der Waals surface area (Å²) in [6, 6.07) is 2.37. The maximum atomic E-state index is 13.8. The van der Waals surface area contributed by atoms with Crippen LogP contribution in [0.5, 0.6) is 0 Å². The Morgan fingerprint density at radius 2 is 1.95 bits per heavy atom. The topological polar surface area (TPSA) is 58.2 Å². The summed E-state index contributed by atoms with van der Waals surface area (Å²) in [7, 11) is -3.70. The Morgan fingerprint density at radius 1 is 1.24 bits per heavy atom. The first-order valence-corrected chi connectivity index (χ1v) is 8.96. The summed E-state index contributed by atoms with van der Waals surface area (Å²) in [5.74, 6) is -0.721. The fourth-order valence-corrected chi connectivity index (χ4v) is 3.14. The molecule has 1 aromatic carbocycles. The largest absolute Gasteiger partial charge is 0.313 e.